The number of aliphatic hydroxyl groups excluding tert-OH is 1. The van der Waals surface area contributed by atoms with Crippen LogP contribution in [0.1, 0.15) is 163 Å². The maximum Gasteiger partial charge on any atom is 0.324 e. The van der Waals surface area contributed by atoms with Gasteiger partial charge in [-0.05, 0) is 108 Å². The van der Waals surface area contributed by atoms with Crippen molar-refractivity contribution in [1.82, 2.24) is 55.6 Å². The summed E-state index contributed by atoms with van der Waals surface area (Å²) in [4.78, 5) is 185. The Bertz CT molecular complexity index is 2640. The molecule has 538 valence electrons. The second-order valence-corrected chi connectivity index (χ2v) is 30.2. The van der Waals surface area contributed by atoms with Crippen molar-refractivity contribution in [3.63, 3.8) is 0 Å². The number of allylic oxidation sites excluding steroid dienone is 2. The number of nitrogens with zero attached hydrogens (tertiary/aromatic N) is 7. The van der Waals surface area contributed by atoms with Gasteiger partial charge in [0.15, 0.2) is 11.9 Å². The van der Waals surface area contributed by atoms with Crippen LogP contribution < -0.4 is 27.0 Å². The molecule has 1 saturated heterocycles. The number of hydrogen-bond acceptors (Lipinski definition) is 17. The Morgan fingerprint density at radius 2 is 1.11 bits per heavy atom. The maximum atomic E-state index is 15.7. The van der Waals surface area contributed by atoms with E-state index in [0.29, 0.717) is 6.29 Å². The summed E-state index contributed by atoms with van der Waals surface area (Å²) < 4.78 is 3.81. The summed E-state index contributed by atoms with van der Waals surface area (Å²) in [5.74, 6) is -11.1. The Morgan fingerprint density at radius 1 is 0.628 bits per heavy atom. The van der Waals surface area contributed by atoms with Crippen molar-refractivity contribution in [3.05, 3.63) is 12.2 Å². The lowest BCUT2D eigenvalue weighted by molar-refractivity contribution is -0.157. The monoisotopic (exact) mass is 1350 g/mol. The summed E-state index contributed by atoms with van der Waals surface area (Å²) in [6.45, 7) is 31.1. The molecule has 0 radical (unpaired) electrons. The van der Waals surface area contributed by atoms with Gasteiger partial charge in [0.2, 0.25) is 53.2 Å². The number of carbonyl (C=O) groups is 12. The summed E-state index contributed by atoms with van der Waals surface area (Å²) in [5.41, 5.74) is 4.40. The van der Waals surface area contributed by atoms with Gasteiger partial charge < -0.3 is 60.5 Å². The number of aliphatic hydroxyl groups is 1. The average Bonchev–Trinajstić information content (AvgIpc) is 0.795. The van der Waals surface area contributed by atoms with Crippen molar-refractivity contribution in [2.75, 3.05) is 62.2 Å². The topological polar surface area (TPSA) is 331 Å². The first-order valence-electron chi connectivity index (χ1n) is 33.1. The van der Waals surface area contributed by atoms with Gasteiger partial charge in [0.05, 0.1) is 19.3 Å². The van der Waals surface area contributed by atoms with Gasteiger partial charge in [-0.1, -0.05) is 109 Å². The van der Waals surface area contributed by atoms with Crippen LogP contribution in [0, 0.1) is 41.4 Å². The lowest BCUT2D eigenvalue weighted by Gasteiger charge is -2.45. The maximum absolute atomic E-state index is 15.7. The van der Waals surface area contributed by atoms with E-state index in [1.54, 1.807) is 88.3 Å². The number of ether oxygens (including phenoxy) is 1. The zero-order chi connectivity index (χ0) is 73.1. The number of nitrogens with two attached hydrogens (primary N) is 1. The number of thioether (sulfide) groups is 1. The average molecular weight is 1350 g/mol. The Labute approximate surface area is 565 Å². The molecule has 1 heterocycles. The van der Waals surface area contributed by atoms with E-state index in [-0.39, 0.29) is 67.9 Å². The van der Waals surface area contributed by atoms with Gasteiger partial charge in [0.25, 0.3) is 0 Å². The summed E-state index contributed by atoms with van der Waals surface area (Å²) in [6, 6.07) is -14.5. The number of hydrogen-bond donors (Lipinski definition) is 6. The molecule has 1 aliphatic heterocycles. The van der Waals surface area contributed by atoms with E-state index in [9.17, 15) is 29.1 Å². The standard InChI is InChI=1S/C67H120N12O14S/c1-27-29-30-43(15)53(81)52-57(84)70-45(28-2)58(85)75(21)49(35-94-66(17,18)54(68)64(91)93-26)61(88)79(25)67(36-80,34-40(9)10)72-50(41(11)12)62(89)73(19)46(31-37(3)4)56(83)71-55(82)44(16)69-65(92)76(22)48(33-39(7)8)59(86)74(20)47(32-38(5)6)60(87)77(23)51(42(13)14)63(90)78(52)24/h27,29,36-54,72,81H,28,30-35,68H2,1-26H3,(H,69,92)(H,70,84)(H,71,82,83)/b29-27+/t43-,44?,45+,46-,47-,48-,49-,50-,51-,52+,53-,54+,67-/m1/s1. The predicted molar refractivity (Wildman–Crippen MR) is 365 cm³/mol. The quantitative estimate of drug-likeness (QED) is 0.0411. The van der Waals surface area contributed by atoms with Gasteiger partial charge in [-0.25, -0.2) is 4.79 Å². The van der Waals surface area contributed by atoms with Crippen molar-refractivity contribution in [2.45, 2.75) is 240 Å². The van der Waals surface area contributed by atoms with E-state index in [2.05, 4.69) is 21.3 Å². The molecule has 1 unspecified atom stereocenters. The van der Waals surface area contributed by atoms with Crippen LogP contribution in [-0.2, 0) is 57.5 Å². The number of imide groups is 1. The molecule has 26 nitrogen and oxygen atoms in total. The summed E-state index contributed by atoms with van der Waals surface area (Å²) >= 11 is 1.05. The largest absolute Gasteiger partial charge is 0.468 e. The highest BCUT2D eigenvalue weighted by Crippen LogP contribution is 2.32. The minimum atomic E-state index is -2.02. The molecule has 0 aromatic rings. The Balaban J connectivity index is 4.74. The second-order valence-electron chi connectivity index (χ2n) is 28.5. The molecule has 13 atom stereocenters. The number of urea groups is 1. The third-order valence-electron chi connectivity index (χ3n) is 17.8. The molecule has 7 N–H and O–H groups in total. The highest BCUT2D eigenvalue weighted by atomic mass is 32.2. The van der Waals surface area contributed by atoms with Crippen LogP contribution in [-0.4, -0.2) is 250 Å². The normalized spacial score (nSPS) is 26.5. The summed E-state index contributed by atoms with van der Waals surface area (Å²) in [7, 11) is 10.8. The molecule has 0 aromatic heterocycles. The van der Waals surface area contributed by atoms with E-state index in [1.165, 1.54) is 78.1 Å². The van der Waals surface area contributed by atoms with Gasteiger partial charge in [0.1, 0.15) is 54.4 Å². The number of amides is 11. The molecular formula is C67H120N12O14S. The third kappa shape index (κ3) is 22.7. The summed E-state index contributed by atoms with van der Waals surface area (Å²) in [6.07, 6.45) is 2.78. The van der Waals surface area contributed by atoms with E-state index < -0.39 is 160 Å². The molecular weight excluding hydrogens is 1230 g/mol. The number of likely N-dealkylation sites (N-methyl/N-ethyl adjacent to an activating group) is 7. The van der Waals surface area contributed by atoms with Gasteiger partial charge in [-0.3, -0.25) is 63.4 Å². The molecule has 1 rings (SSSR count). The molecule has 11 amide bonds. The van der Waals surface area contributed by atoms with Crippen molar-refractivity contribution >= 4 is 83.2 Å². The lowest BCUT2D eigenvalue weighted by atomic mass is 9.91. The van der Waals surface area contributed by atoms with Crippen LogP contribution in [0.2, 0.25) is 0 Å². The SMILES string of the molecule is C/C=C/C[C@@H](C)[C@@H](O)[C@H]1C(=O)N[C@@H](CC)C(=O)N(C)[C@H](CSC(C)(C)[C@@H](N)C(=O)OC)C(=O)N(C)[C@@](C=O)(CC(C)C)N[C@H](C(C)C)C(=O)N(C)[C@H](CC(C)C)C(=O)NC(=O)C(C)NC(=O)N(C)[C@H](CC(C)C)C(=O)N(C)[C@H](CC(C)C)C(=O)N(C)[C@H](C(C)C)C(=O)N1C. The molecule has 94 heavy (non-hydrogen) atoms. The lowest BCUT2D eigenvalue weighted by Crippen LogP contribution is -2.70. The van der Waals surface area contributed by atoms with Gasteiger partial charge in [0, 0.05) is 59.8 Å². The van der Waals surface area contributed by atoms with E-state index in [4.69, 9.17) is 10.5 Å². The van der Waals surface area contributed by atoms with Crippen LogP contribution in [0.15, 0.2) is 12.2 Å². The van der Waals surface area contributed by atoms with Crippen molar-refractivity contribution in [1.29, 1.82) is 0 Å². The molecule has 0 spiro atoms. The van der Waals surface area contributed by atoms with Crippen LogP contribution >= 0.6 is 11.8 Å². The first kappa shape index (κ1) is 85.8. The zero-order valence-electron chi connectivity index (χ0n) is 61.4. The van der Waals surface area contributed by atoms with Crippen molar-refractivity contribution < 1.29 is 67.4 Å². The predicted octanol–water partition coefficient (Wildman–Crippen LogP) is 3.85. The Kier molecular flexibility index (Phi) is 34.6. The van der Waals surface area contributed by atoms with Gasteiger partial charge in [-0.2, -0.15) is 11.8 Å². The van der Waals surface area contributed by atoms with E-state index in [0.717, 1.165) is 31.4 Å². The van der Waals surface area contributed by atoms with Crippen molar-refractivity contribution in [2.24, 2.45) is 47.2 Å². The van der Waals surface area contributed by atoms with Gasteiger partial charge in [-0.15, -0.1) is 0 Å². The number of esters is 1. The first-order chi connectivity index (χ1) is 43.3. The number of methoxy groups -OCH3 is 1. The second kappa shape index (κ2) is 37.9. The molecule has 0 saturated carbocycles. The minimum Gasteiger partial charge on any atom is -0.468 e. The molecule has 0 aliphatic carbocycles. The Morgan fingerprint density at radius 3 is 1.56 bits per heavy atom. The smallest absolute Gasteiger partial charge is 0.324 e. The van der Waals surface area contributed by atoms with Crippen LogP contribution in [0.3, 0.4) is 0 Å². The first-order valence-corrected chi connectivity index (χ1v) is 34.1. The van der Waals surface area contributed by atoms with Crippen molar-refractivity contribution in [3.8, 4) is 0 Å². The highest BCUT2D eigenvalue weighted by molar-refractivity contribution is 8.00. The number of rotatable bonds is 21. The summed E-state index contributed by atoms with van der Waals surface area (Å²) in [5, 5.41) is 23.3. The van der Waals surface area contributed by atoms with Crippen LogP contribution in [0.5, 0.6) is 0 Å². The fourth-order valence-corrected chi connectivity index (χ4v) is 12.8. The third-order valence-corrected chi connectivity index (χ3v) is 19.3. The highest BCUT2D eigenvalue weighted by Gasteiger charge is 2.49. The minimum absolute atomic E-state index is 0.0401. The zero-order valence-corrected chi connectivity index (χ0v) is 62.3. The van der Waals surface area contributed by atoms with Crippen LogP contribution in [0.4, 0.5) is 4.79 Å². The fraction of sp³-hybridized carbons (Fsp3) is 0.791. The number of aldehydes is 1. The molecule has 0 bridgehead atoms. The fourth-order valence-electron chi connectivity index (χ4n) is 11.6. The van der Waals surface area contributed by atoms with E-state index >= 15 is 33.6 Å². The molecule has 1 aliphatic rings. The van der Waals surface area contributed by atoms with Crippen LogP contribution in [0.25, 0.3) is 0 Å². The number of carbonyl (C=O) groups excluding carboxylic acids is 12. The van der Waals surface area contributed by atoms with E-state index in [1.807, 2.05) is 41.5 Å². The molecule has 0 aromatic carbocycles. The molecule has 27 heteroatoms. The number of nitrogens with one attached hydrogen (secondary N) is 4. The Hall–Kier alpha value is -6.19. The van der Waals surface area contributed by atoms with Gasteiger partial charge >= 0.3 is 12.0 Å². The molecule has 1 fully saturated rings.